The van der Waals surface area contributed by atoms with E-state index in [1.165, 1.54) is 81.0 Å². The summed E-state index contributed by atoms with van der Waals surface area (Å²) in [6.07, 6.45) is 0. The molecule has 11 aromatic carbocycles. The molecule has 0 amide bonds. The average molecular weight is 884 g/mol. The van der Waals surface area contributed by atoms with E-state index in [1.807, 2.05) is 11.3 Å². The molecule has 2 aromatic heterocycles. The molecular formula is C65H41NOS. The lowest BCUT2D eigenvalue weighted by atomic mass is 9.68. The van der Waals surface area contributed by atoms with E-state index in [1.54, 1.807) is 0 Å². The molecule has 0 bridgehead atoms. The summed E-state index contributed by atoms with van der Waals surface area (Å²) in [6.45, 7) is 0. The highest BCUT2D eigenvalue weighted by Crippen LogP contribution is 2.57. The lowest BCUT2D eigenvalue weighted by Crippen LogP contribution is -2.28. The number of thiophene rings is 1. The van der Waals surface area contributed by atoms with Crippen LogP contribution in [0.1, 0.15) is 22.3 Å². The van der Waals surface area contributed by atoms with E-state index in [-0.39, 0.29) is 0 Å². The number of benzene rings is 11. The smallest absolute Gasteiger partial charge is 0.135 e. The largest absolute Gasteiger partial charge is 0.456 e. The molecule has 14 rings (SSSR count). The van der Waals surface area contributed by atoms with Gasteiger partial charge in [-0.3, -0.25) is 0 Å². The van der Waals surface area contributed by atoms with Gasteiger partial charge in [0.1, 0.15) is 11.2 Å². The van der Waals surface area contributed by atoms with Crippen LogP contribution in [0.15, 0.2) is 253 Å². The highest BCUT2D eigenvalue weighted by atomic mass is 32.1. The molecular weight excluding hydrogens is 843 g/mol. The van der Waals surface area contributed by atoms with Crippen molar-refractivity contribution in [1.82, 2.24) is 0 Å². The zero-order valence-electron chi connectivity index (χ0n) is 36.9. The van der Waals surface area contributed by atoms with Crippen LogP contribution in [0.4, 0.5) is 17.1 Å². The maximum Gasteiger partial charge on any atom is 0.135 e. The maximum absolute atomic E-state index is 6.52. The summed E-state index contributed by atoms with van der Waals surface area (Å²) < 4.78 is 9.15. The van der Waals surface area contributed by atoms with Crippen molar-refractivity contribution in [3.8, 4) is 33.4 Å². The van der Waals surface area contributed by atoms with Crippen LogP contribution in [0.3, 0.4) is 0 Å². The van der Waals surface area contributed by atoms with Gasteiger partial charge >= 0.3 is 0 Å². The summed E-state index contributed by atoms with van der Waals surface area (Å²) in [4.78, 5) is 2.42. The van der Waals surface area contributed by atoms with Gasteiger partial charge in [-0.15, -0.1) is 11.3 Å². The summed E-state index contributed by atoms with van der Waals surface area (Å²) in [7, 11) is 0. The van der Waals surface area contributed by atoms with Gasteiger partial charge in [0.2, 0.25) is 0 Å². The van der Waals surface area contributed by atoms with Crippen molar-refractivity contribution in [2.24, 2.45) is 0 Å². The molecule has 0 unspecified atom stereocenters. The van der Waals surface area contributed by atoms with Crippen LogP contribution in [0.2, 0.25) is 0 Å². The Kier molecular flexibility index (Phi) is 8.71. The molecule has 1 aliphatic carbocycles. The number of hydrogen-bond donors (Lipinski definition) is 0. The van der Waals surface area contributed by atoms with Gasteiger partial charge < -0.3 is 9.32 Å². The Bertz CT molecular complexity index is 4040. The first kappa shape index (κ1) is 38.7. The van der Waals surface area contributed by atoms with Crippen molar-refractivity contribution in [3.05, 3.63) is 271 Å². The van der Waals surface area contributed by atoms with Crippen molar-refractivity contribution >= 4 is 81.3 Å². The molecule has 0 spiro atoms. The molecule has 0 fully saturated rings. The van der Waals surface area contributed by atoms with Gasteiger partial charge in [-0.25, -0.2) is 0 Å². The van der Waals surface area contributed by atoms with Gasteiger partial charge in [0, 0.05) is 48.0 Å². The van der Waals surface area contributed by atoms with Crippen LogP contribution in [0.5, 0.6) is 0 Å². The number of nitrogens with zero attached hydrogens (tertiary/aromatic N) is 1. The second-order valence-electron chi connectivity index (χ2n) is 18.0. The SMILES string of the molecule is c1ccc(-c2ccc3oc4ccc(N(c5ccc(-c6ccc7sc8ccc9ccccc9c8c7c6)cc5)c5ccc6c(c5)-c5ccccc5C6(c5ccccc5)c5ccccc5)cc4c3c2)cc1. The number of anilines is 3. The van der Waals surface area contributed by atoms with Crippen LogP contribution < -0.4 is 4.90 Å². The average Bonchev–Trinajstić information content (AvgIpc) is 4.07. The molecule has 0 aliphatic heterocycles. The summed E-state index contributed by atoms with van der Waals surface area (Å²) in [5.41, 5.74) is 16.8. The first-order chi connectivity index (χ1) is 33.7. The van der Waals surface area contributed by atoms with Gasteiger partial charge in [-0.2, -0.15) is 0 Å². The Morgan fingerprint density at radius 3 is 1.66 bits per heavy atom. The van der Waals surface area contributed by atoms with Crippen molar-refractivity contribution in [3.63, 3.8) is 0 Å². The van der Waals surface area contributed by atoms with Gasteiger partial charge in [0.15, 0.2) is 0 Å². The zero-order valence-corrected chi connectivity index (χ0v) is 37.8. The minimum atomic E-state index is -0.480. The number of furan rings is 1. The minimum Gasteiger partial charge on any atom is -0.456 e. The number of fused-ring (bicyclic) bond motifs is 11. The zero-order chi connectivity index (χ0) is 44.8. The predicted molar refractivity (Wildman–Crippen MR) is 287 cm³/mol. The Morgan fingerprint density at radius 2 is 0.882 bits per heavy atom. The van der Waals surface area contributed by atoms with E-state index in [2.05, 4.69) is 254 Å². The molecule has 318 valence electrons. The first-order valence-electron chi connectivity index (χ1n) is 23.3. The normalized spacial score (nSPS) is 12.8. The summed E-state index contributed by atoms with van der Waals surface area (Å²) in [6, 6.07) is 91.3. The third-order valence-electron chi connectivity index (χ3n) is 14.3. The fraction of sp³-hybridized carbons (Fsp3) is 0.0154. The second kappa shape index (κ2) is 15.3. The molecule has 0 saturated carbocycles. The van der Waals surface area contributed by atoms with Gasteiger partial charge in [0.05, 0.1) is 5.41 Å². The molecule has 3 heteroatoms. The molecule has 2 heterocycles. The topological polar surface area (TPSA) is 16.4 Å². The van der Waals surface area contributed by atoms with E-state index in [4.69, 9.17) is 4.42 Å². The Balaban J connectivity index is 0.953. The Hall–Kier alpha value is -8.50. The third kappa shape index (κ3) is 5.89. The van der Waals surface area contributed by atoms with Crippen molar-refractivity contribution in [2.75, 3.05) is 4.90 Å². The van der Waals surface area contributed by atoms with E-state index < -0.39 is 5.41 Å². The molecule has 0 radical (unpaired) electrons. The molecule has 13 aromatic rings. The summed E-state index contributed by atoms with van der Waals surface area (Å²) >= 11 is 1.87. The number of rotatable bonds is 7. The van der Waals surface area contributed by atoms with Crippen molar-refractivity contribution in [2.45, 2.75) is 5.41 Å². The predicted octanol–water partition coefficient (Wildman–Crippen LogP) is 18.3. The van der Waals surface area contributed by atoms with Crippen LogP contribution >= 0.6 is 11.3 Å². The number of hydrogen-bond acceptors (Lipinski definition) is 3. The van der Waals surface area contributed by atoms with E-state index in [0.717, 1.165) is 44.6 Å². The molecule has 68 heavy (non-hydrogen) atoms. The van der Waals surface area contributed by atoms with E-state index >= 15 is 0 Å². The fourth-order valence-electron chi connectivity index (χ4n) is 11.3. The summed E-state index contributed by atoms with van der Waals surface area (Å²) in [5, 5.41) is 7.41. The standard InChI is InChI=1S/C65H41NOS/c1-4-14-42(15-5-1)45-26-34-60-55(38-45)56-41-51(32-35-61(56)67-60)66(49-29-24-43(25-30-49)46-28-36-62-57(39-46)64-52-21-11-10-16-44(52)27-37-63(64)68-62)50-31-33-59-54(40-50)53-22-12-13-23-58(53)65(59,47-17-6-2-7-18-47)48-19-8-3-9-20-48/h1-41H. The molecule has 0 atom stereocenters. The van der Waals surface area contributed by atoms with Gasteiger partial charge in [0.25, 0.3) is 0 Å². The third-order valence-corrected chi connectivity index (χ3v) is 15.5. The van der Waals surface area contributed by atoms with Gasteiger partial charge in [-0.05, 0) is 139 Å². The van der Waals surface area contributed by atoms with Crippen LogP contribution in [0.25, 0.3) is 86.3 Å². The van der Waals surface area contributed by atoms with Crippen LogP contribution in [0, 0.1) is 0 Å². The Labute approximate surface area is 398 Å². The first-order valence-corrected chi connectivity index (χ1v) is 24.1. The van der Waals surface area contributed by atoms with Gasteiger partial charge in [-0.1, -0.05) is 176 Å². The lowest BCUT2D eigenvalue weighted by molar-refractivity contribution is 0.669. The summed E-state index contributed by atoms with van der Waals surface area (Å²) in [5.74, 6) is 0. The maximum atomic E-state index is 6.52. The highest BCUT2D eigenvalue weighted by molar-refractivity contribution is 7.26. The Morgan fingerprint density at radius 1 is 0.338 bits per heavy atom. The molecule has 1 aliphatic rings. The molecule has 2 nitrogen and oxygen atoms in total. The van der Waals surface area contributed by atoms with E-state index in [9.17, 15) is 0 Å². The fourth-order valence-corrected chi connectivity index (χ4v) is 12.4. The van der Waals surface area contributed by atoms with E-state index in [0.29, 0.717) is 0 Å². The minimum absolute atomic E-state index is 0.480. The van der Waals surface area contributed by atoms with Crippen molar-refractivity contribution in [1.29, 1.82) is 0 Å². The highest BCUT2D eigenvalue weighted by Gasteiger charge is 2.46. The quantitative estimate of drug-likeness (QED) is 0.159. The molecule has 0 saturated heterocycles. The van der Waals surface area contributed by atoms with Crippen LogP contribution in [-0.4, -0.2) is 0 Å². The van der Waals surface area contributed by atoms with Crippen LogP contribution in [-0.2, 0) is 5.41 Å². The second-order valence-corrected chi connectivity index (χ2v) is 19.1. The lowest BCUT2D eigenvalue weighted by Gasteiger charge is -2.34. The molecule has 0 N–H and O–H groups in total. The van der Waals surface area contributed by atoms with Crippen molar-refractivity contribution < 1.29 is 4.42 Å². The monoisotopic (exact) mass is 883 g/mol.